The summed E-state index contributed by atoms with van der Waals surface area (Å²) in [7, 11) is -4.21. The minimum atomic E-state index is -2.10. The van der Waals surface area contributed by atoms with Crippen LogP contribution in [0.4, 0.5) is 0 Å². The highest BCUT2D eigenvalue weighted by Crippen LogP contribution is 2.72. The van der Waals surface area contributed by atoms with Crippen LogP contribution in [0.5, 0.6) is 0 Å². The van der Waals surface area contributed by atoms with Crippen LogP contribution >= 0.6 is 14.3 Å². The van der Waals surface area contributed by atoms with E-state index in [0.717, 1.165) is 25.2 Å². The van der Waals surface area contributed by atoms with Crippen LogP contribution in [0.2, 0.25) is 0 Å². The van der Waals surface area contributed by atoms with E-state index in [2.05, 4.69) is 0 Å². The Labute approximate surface area is 86.6 Å². The molecule has 0 N–H and O–H groups in total. The molecule has 4 heteroatoms. The second-order valence-electron chi connectivity index (χ2n) is 5.25. The molecule has 2 heterocycles. The van der Waals surface area contributed by atoms with Crippen molar-refractivity contribution in [2.45, 2.75) is 31.1 Å². The Balaban J connectivity index is 2.36. The Hall–Kier alpha value is 0.460. The molecular weight excluding hydrogens is 214 g/mol. The molecule has 2 nitrogen and oxygen atoms in total. The molecule has 0 aliphatic carbocycles. The van der Waals surface area contributed by atoms with Gasteiger partial charge in [0.25, 0.3) is 0 Å². The molecule has 2 fully saturated rings. The molecular formula is C10H20O2P2. The Morgan fingerprint density at radius 2 is 1.36 bits per heavy atom. The average molecular weight is 234 g/mol. The van der Waals surface area contributed by atoms with Crippen LogP contribution in [0.3, 0.4) is 0 Å². The van der Waals surface area contributed by atoms with Gasteiger partial charge in [-0.05, 0) is 44.9 Å². The van der Waals surface area contributed by atoms with Crippen molar-refractivity contribution in [2.24, 2.45) is 5.92 Å². The van der Waals surface area contributed by atoms with Crippen molar-refractivity contribution in [3.63, 3.8) is 0 Å². The largest absolute Gasteiger partial charge is 0.323 e. The summed E-state index contributed by atoms with van der Waals surface area (Å²) < 4.78 is 24.9. The SMILES string of the molecule is C[P@]1(=O)CCCC2CCC[P@@](C)(=O)C21. The van der Waals surface area contributed by atoms with Crippen LogP contribution in [0.25, 0.3) is 0 Å². The molecule has 2 unspecified atom stereocenters. The van der Waals surface area contributed by atoms with E-state index < -0.39 is 14.3 Å². The number of rotatable bonds is 0. The van der Waals surface area contributed by atoms with Crippen LogP contribution in [0.15, 0.2) is 0 Å². The smallest absolute Gasteiger partial charge is 0.0950 e. The third-order valence-electron chi connectivity index (χ3n) is 3.89. The summed E-state index contributed by atoms with van der Waals surface area (Å²) in [5.41, 5.74) is 0. The fourth-order valence-corrected chi connectivity index (χ4v) is 12.8. The lowest BCUT2D eigenvalue weighted by molar-refractivity contribution is 0.411. The van der Waals surface area contributed by atoms with Gasteiger partial charge in [0.2, 0.25) is 0 Å². The zero-order chi connectivity index (χ0) is 10.4. The van der Waals surface area contributed by atoms with E-state index in [1.54, 1.807) is 0 Å². The zero-order valence-corrected chi connectivity index (χ0v) is 10.9. The van der Waals surface area contributed by atoms with Crippen molar-refractivity contribution in [3.8, 4) is 0 Å². The van der Waals surface area contributed by atoms with Crippen molar-refractivity contribution in [1.29, 1.82) is 0 Å². The summed E-state index contributed by atoms with van der Waals surface area (Å²) in [6.45, 7) is 3.79. The normalized spacial score (nSPS) is 53.9. The Kier molecular flexibility index (Phi) is 2.73. The molecule has 82 valence electrons. The summed E-state index contributed by atoms with van der Waals surface area (Å²) in [5, 5.41) is 0.0949. The van der Waals surface area contributed by atoms with Crippen LogP contribution in [-0.2, 0) is 9.13 Å². The predicted octanol–water partition coefficient (Wildman–Crippen LogP) is 3.50. The minimum Gasteiger partial charge on any atom is -0.323 e. The van der Waals surface area contributed by atoms with Crippen LogP contribution in [-0.4, -0.2) is 31.1 Å². The molecule has 4 atom stereocenters. The Bertz CT molecular complexity index is 294. The molecule has 0 radical (unpaired) electrons. The zero-order valence-electron chi connectivity index (χ0n) is 9.11. The van der Waals surface area contributed by atoms with Crippen LogP contribution in [0, 0.1) is 5.92 Å². The number of fused-ring (bicyclic) bond motifs is 1. The standard InChI is InChI=1S/C10H20O2P2/c1-13(11)7-3-5-9-6-4-8-14(2,12)10(9)13/h9-10H,3-8H2,1-2H3/t9?,10?,13-,14+. The lowest BCUT2D eigenvalue weighted by Gasteiger charge is -2.43. The second kappa shape index (κ2) is 3.49. The maximum absolute atomic E-state index is 12.4. The third kappa shape index (κ3) is 1.76. The maximum atomic E-state index is 12.4. The fraction of sp³-hybridized carbons (Fsp3) is 1.00. The molecule has 0 aromatic rings. The van der Waals surface area contributed by atoms with Gasteiger partial charge in [0.05, 0.1) is 19.7 Å². The molecule has 2 rings (SSSR count). The minimum absolute atomic E-state index is 0.0949. The second-order valence-corrected chi connectivity index (χ2v) is 12.4. The first kappa shape index (κ1) is 11.0. The van der Waals surface area contributed by atoms with E-state index >= 15 is 0 Å². The van der Waals surface area contributed by atoms with Gasteiger partial charge in [-0.2, -0.15) is 0 Å². The van der Waals surface area contributed by atoms with Gasteiger partial charge in [-0.3, -0.25) is 0 Å². The summed E-state index contributed by atoms with van der Waals surface area (Å²) in [6.07, 6.45) is 6.20. The number of hydrogen-bond donors (Lipinski definition) is 0. The molecule has 0 aromatic heterocycles. The first-order chi connectivity index (χ1) is 6.43. The van der Waals surface area contributed by atoms with E-state index in [4.69, 9.17) is 0 Å². The van der Waals surface area contributed by atoms with E-state index in [1.165, 1.54) is 12.8 Å². The molecule has 14 heavy (non-hydrogen) atoms. The maximum Gasteiger partial charge on any atom is 0.0950 e. The van der Waals surface area contributed by atoms with Gasteiger partial charge >= 0.3 is 0 Å². The van der Waals surface area contributed by atoms with Crippen molar-refractivity contribution < 1.29 is 9.13 Å². The van der Waals surface area contributed by atoms with E-state index in [0.29, 0.717) is 5.92 Å². The monoisotopic (exact) mass is 234 g/mol. The predicted molar refractivity (Wildman–Crippen MR) is 62.5 cm³/mol. The van der Waals surface area contributed by atoms with Crippen molar-refractivity contribution in [2.75, 3.05) is 25.7 Å². The first-order valence-corrected chi connectivity index (χ1v) is 10.4. The molecule has 2 aliphatic rings. The first-order valence-electron chi connectivity index (χ1n) is 5.56. The lowest BCUT2D eigenvalue weighted by atomic mass is 9.99. The third-order valence-corrected chi connectivity index (χ3v) is 12.3. The summed E-state index contributed by atoms with van der Waals surface area (Å²) in [6, 6.07) is 0. The molecule has 0 saturated carbocycles. The molecule has 2 aliphatic heterocycles. The van der Waals surface area contributed by atoms with Gasteiger partial charge in [0.1, 0.15) is 0 Å². The quantitative estimate of drug-likeness (QED) is 0.601. The summed E-state index contributed by atoms with van der Waals surface area (Å²) in [4.78, 5) is 0. The highest BCUT2D eigenvalue weighted by Gasteiger charge is 2.48. The van der Waals surface area contributed by atoms with E-state index in [1.807, 2.05) is 13.3 Å². The summed E-state index contributed by atoms with van der Waals surface area (Å²) >= 11 is 0. The van der Waals surface area contributed by atoms with Gasteiger partial charge in [-0.15, -0.1) is 0 Å². The summed E-state index contributed by atoms with van der Waals surface area (Å²) in [5.74, 6) is 0.518. The molecule has 0 aromatic carbocycles. The van der Waals surface area contributed by atoms with Crippen LogP contribution in [0.1, 0.15) is 25.7 Å². The van der Waals surface area contributed by atoms with Gasteiger partial charge in [-0.25, -0.2) is 0 Å². The van der Waals surface area contributed by atoms with Gasteiger partial charge in [-0.1, -0.05) is 0 Å². The average Bonchev–Trinajstić information content (AvgIpc) is 2.00. The molecule has 2 saturated heterocycles. The lowest BCUT2D eigenvalue weighted by Crippen LogP contribution is -2.31. The van der Waals surface area contributed by atoms with Crippen molar-refractivity contribution >= 4 is 14.3 Å². The molecule has 0 spiro atoms. The molecule has 0 amide bonds. The van der Waals surface area contributed by atoms with Crippen molar-refractivity contribution in [3.05, 3.63) is 0 Å². The number of hydrogen-bond acceptors (Lipinski definition) is 2. The van der Waals surface area contributed by atoms with E-state index in [-0.39, 0.29) is 5.40 Å². The van der Waals surface area contributed by atoms with Crippen molar-refractivity contribution in [1.82, 2.24) is 0 Å². The molecule has 0 bridgehead atoms. The van der Waals surface area contributed by atoms with Gasteiger partial charge in [0.15, 0.2) is 0 Å². The van der Waals surface area contributed by atoms with Gasteiger partial charge in [0, 0.05) is 12.3 Å². The Morgan fingerprint density at radius 1 is 0.929 bits per heavy atom. The van der Waals surface area contributed by atoms with Gasteiger partial charge < -0.3 is 9.13 Å². The highest BCUT2D eigenvalue weighted by atomic mass is 31.2. The fourth-order valence-electron chi connectivity index (χ4n) is 3.45. The topological polar surface area (TPSA) is 34.1 Å². The van der Waals surface area contributed by atoms with E-state index in [9.17, 15) is 9.13 Å². The Morgan fingerprint density at radius 3 is 1.71 bits per heavy atom. The highest BCUT2D eigenvalue weighted by molar-refractivity contribution is 7.81. The van der Waals surface area contributed by atoms with Crippen LogP contribution < -0.4 is 0 Å².